The van der Waals surface area contributed by atoms with Gasteiger partial charge in [0.1, 0.15) is 0 Å². The van der Waals surface area contributed by atoms with Crippen molar-refractivity contribution in [3.8, 4) is 6.07 Å². The third kappa shape index (κ3) is 3.88. The van der Waals surface area contributed by atoms with E-state index in [2.05, 4.69) is 15.9 Å². The van der Waals surface area contributed by atoms with E-state index in [1.807, 2.05) is 0 Å². The lowest BCUT2D eigenvalue weighted by molar-refractivity contribution is 0.0536. The van der Waals surface area contributed by atoms with E-state index in [9.17, 15) is 4.79 Å². The molecule has 5 nitrogen and oxygen atoms in total. The number of rotatable bonds is 3. The number of nitriles is 1. The van der Waals surface area contributed by atoms with Gasteiger partial charge in [-0.15, -0.1) is 0 Å². The fourth-order valence-corrected chi connectivity index (χ4v) is 5.11. The first-order valence-electron chi connectivity index (χ1n) is 10.4. The van der Waals surface area contributed by atoms with Gasteiger partial charge in [0.15, 0.2) is 0 Å². The minimum Gasteiger partial charge on any atom is -0.377 e. The summed E-state index contributed by atoms with van der Waals surface area (Å²) in [5, 5.41) is 8.98. The standard InChI is InChI=1S/C22H29N3O2/c23-16-18-5-7-19(8-6-18)21(26)25-13-3-10-22(25)9-2-12-24(14-11-22)17-20-4-1-15-27-20/h5-8,20H,1-4,9-15,17H2/t20-,22+/m0/s1. The smallest absolute Gasteiger partial charge is 0.254 e. The highest BCUT2D eigenvalue weighted by atomic mass is 16.5. The van der Waals surface area contributed by atoms with Crippen molar-refractivity contribution >= 4 is 5.91 Å². The molecule has 1 amide bonds. The Balaban J connectivity index is 1.44. The predicted molar refractivity (Wildman–Crippen MR) is 103 cm³/mol. The molecule has 3 aliphatic rings. The van der Waals surface area contributed by atoms with E-state index in [1.54, 1.807) is 24.3 Å². The molecule has 0 bridgehead atoms. The van der Waals surface area contributed by atoms with Crippen LogP contribution in [0.3, 0.4) is 0 Å². The summed E-state index contributed by atoms with van der Waals surface area (Å²) in [5.74, 6) is 0.129. The molecule has 27 heavy (non-hydrogen) atoms. The van der Waals surface area contributed by atoms with Gasteiger partial charge in [0.2, 0.25) is 0 Å². The van der Waals surface area contributed by atoms with Gasteiger partial charge < -0.3 is 14.5 Å². The van der Waals surface area contributed by atoms with Crippen LogP contribution >= 0.6 is 0 Å². The van der Waals surface area contributed by atoms with Gasteiger partial charge in [-0.05, 0) is 75.8 Å². The zero-order valence-electron chi connectivity index (χ0n) is 16.0. The second-order valence-corrected chi connectivity index (χ2v) is 8.26. The van der Waals surface area contributed by atoms with Crippen LogP contribution in [0.1, 0.15) is 60.9 Å². The molecular weight excluding hydrogens is 338 g/mol. The highest BCUT2D eigenvalue weighted by Crippen LogP contribution is 2.39. The second-order valence-electron chi connectivity index (χ2n) is 8.26. The van der Waals surface area contributed by atoms with Crippen molar-refractivity contribution in [2.45, 2.75) is 56.6 Å². The Bertz CT molecular complexity index is 705. The maximum Gasteiger partial charge on any atom is 0.254 e. The van der Waals surface area contributed by atoms with Crippen LogP contribution in [0.5, 0.6) is 0 Å². The summed E-state index contributed by atoms with van der Waals surface area (Å²) in [6, 6.07) is 9.20. The zero-order chi connectivity index (χ0) is 18.7. The maximum atomic E-state index is 13.2. The van der Waals surface area contributed by atoms with Gasteiger partial charge in [-0.2, -0.15) is 5.26 Å². The molecule has 4 rings (SSSR count). The quantitative estimate of drug-likeness (QED) is 0.823. The molecule has 5 heteroatoms. The number of benzene rings is 1. The SMILES string of the molecule is N#Cc1ccc(C(=O)N2CCC[C@@]23CCCN(C[C@@H]2CCCO2)CC3)cc1. The molecule has 3 saturated heterocycles. The second kappa shape index (κ2) is 8.00. The summed E-state index contributed by atoms with van der Waals surface area (Å²) in [6.07, 6.45) is 8.28. The summed E-state index contributed by atoms with van der Waals surface area (Å²) >= 11 is 0. The Labute approximate surface area is 161 Å². The van der Waals surface area contributed by atoms with Crippen LogP contribution in [0.15, 0.2) is 24.3 Å². The van der Waals surface area contributed by atoms with Crippen molar-refractivity contribution in [2.75, 3.05) is 32.8 Å². The number of carbonyl (C=O) groups excluding carboxylic acids is 1. The molecule has 3 heterocycles. The fraction of sp³-hybridized carbons (Fsp3) is 0.636. The normalized spacial score (nSPS) is 29.0. The van der Waals surface area contributed by atoms with E-state index < -0.39 is 0 Å². The molecule has 0 aromatic heterocycles. The summed E-state index contributed by atoms with van der Waals surface area (Å²) in [7, 11) is 0. The Morgan fingerprint density at radius 1 is 1.11 bits per heavy atom. The minimum atomic E-state index is 0.0102. The third-order valence-electron chi connectivity index (χ3n) is 6.60. The highest BCUT2D eigenvalue weighted by Gasteiger charge is 2.44. The van der Waals surface area contributed by atoms with E-state index in [0.717, 1.165) is 64.9 Å². The predicted octanol–water partition coefficient (Wildman–Crippen LogP) is 3.20. The first kappa shape index (κ1) is 18.5. The number of nitrogens with zero attached hydrogens (tertiary/aromatic N) is 3. The van der Waals surface area contributed by atoms with Crippen LogP contribution in [-0.2, 0) is 4.74 Å². The number of ether oxygens (including phenoxy) is 1. The fourth-order valence-electron chi connectivity index (χ4n) is 5.11. The monoisotopic (exact) mass is 367 g/mol. The lowest BCUT2D eigenvalue weighted by Crippen LogP contribution is -2.48. The molecular formula is C22H29N3O2. The van der Waals surface area contributed by atoms with Gasteiger partial charge in [0.05, 0.1) is 17.7 Å². The lowest BCUT2D eigenvalue weighted by Gasteiger charge is -2.38. The Morgan fingerprint density at radius 2 is 1.89 bits per heavy atom. The topological polar surface area (TPSA) is 56.6 Å². The molecule has 3 fully saturated rings. The molecule has 0 unspecified atom stereocenters. The molecule has 0 N–H and O–H groups in total. The summed E-state index contributed by atoms with van der Waals surface area (Å²) in [6.45, 7) is 4.97. The van der Waals surface area contributed by atoms with Crippen molar-refractivity contribution in [3.05, 3.63) is 35.4 Å². The number of amides is 1. The zero-order valence-corrected chi connectivity index (χ0v) is 16.0. The van der Waals surface area contributed by atoms with Crippen LogP contribution < -0.4 is 0 Å². The molecule has 1 aromatic rings. The third-order valence-corrected chi connectivity index (χ3v) is 6.60. The number of likely N-dealkylation sites (tertiary alicyclic amines) is 2. The maximum absolute atomic E-state index is 13.2. The molecule has 3 aliphatic heterocycles. The summed E-state index contributed by atoms with van der Waals surface area (Å²) in [5.41, 5.74) is 1.31. The van der Waals surface area contributed by atoms with E-state index in [1.165, 1.54) is 12.8 Å². The average molecular weight is 367 g/mol. The number of hydrogen-bond acceptors (Lipinski definition) is 4. The number of carbonyl (C=O) groups is 1. The van der Waals surface area contributed by atoms with Gasteiger partial charge in [0.25, 0.3) is 5.91 Å². The van der Waals surface area contributed by atoms with Gasteiger partial charge in [0, 0.05) is 37.3 Å². The summed E-state index contributed by atoms with van der Waals surface area (Å²) in [4.78, 5) is 17.9. The van der Waals surface area contributed by atoms with Crippen LogP contribution in [0.25, 0.3) is 0 Å². The summed E-state index contributed by atoms with van der Waals surface area (Å²) < 4.78 is 5.82. The van der Waals surface area contributed by atoms with Crippen molar-refractivity contribution < 1.29 is 9.53 Å². The molecule has 0 saturated carbocycles. The Hall–Kier alpha value is -1.90. The van der Waals surface area contributed by atoms with Gasteiger partial charge in [-0.25, -0.2) is 0 Å². The van der Waals surface area contributed by atoms with Crippen molar-refractivity contribution in [3.63, 3.8) is 0 Å². The van der Waals surface area contributed by atoms with Gasteiger partial charge >= 0.3 is 0 Å². The highest BCUT2D eigenvalue weighted by molar-refractivity contribution is 5.95. The van der Waals surface area contributed by atoms with Crippen LogP contribution in [0.2, 0.25) is 0 Å². The minimum absolute atomic E-state index is 0.0102. The molecule has 0 radical (unpaired) electrons. The molecule has 1 aromatic carbocycles. The van der Waals surface area contributed by atoms with Crippen LogP contribution in [-0.4, -0.2) is 60.1 Å². The Kier molecular flexibility index (Phi) is 5.47. The van der Waals surface area contributed by atoms with E-state index in [0.29, 0.717) is 17.2 Å². The van der Waals surface area contributed by atoms with Gasteiger partial charge in [-0.1, -0.05) is 0 Å². The molecule has 144 valence electrons. The van der Waals surface area contributed by atoms with Crippen LogP contribution in [0.4, 0.5) is 0 Å². The van der Waals surface area contributed by atoms with E-state index in [-0.39, 0.29) is 11.4 Å². The van der Waals surface area contributed by atoms with E-state index >= 15 is 0 Å². The average Bonchev–Trinajstić information content (AvgIpc) is 3.30. The number of hydrogen-bond donors (Lipinski definition) is 0. The van der Waals surface area contributed by atoms with Crippen molar-refractivity contribution in [1.82, 2.24) is 9.80 Å². The molecule has 2 atom stereocenters. The van der Waals surface area contributed by atoms with E-state index in [4.69, 9.17) is 10.00 Å². The first-order chi connectivity index (χ1) is 13.2. The van der Waals surface area contributed by atoms with Crippen molar-refractivity contribution in [1.29, 1.82) is 5.26 Å². The van der Waals surface area contributed by atoms with Crippen LogP contribution in [0, 0.1) is 11.3 Å². The largest absolute Gasteiger partial charge is 0.377 e. The first-order valence-corrected chi connectivity index (χ1v) is 10.4. The molecule has 0 aliphatic carbocycles. The van der Waals surface area contributed by atoms with Gasteiger partial charge in [-0.3, -0.25) is 4.79 Å². The Morgan fingerprint density at radius 3 is 2.59 bits per heavy atom. The lowest BCUT2D eigenvalue weighted by atomic mass is 9.87. The van der Waals surface area contributed by atoms with Crippen molar-refractivity contribution in [2.24, 2.45) is 0 Å². The molecule has 1 spiro atoms.